The summed E-state index contributed by atoms with van der Waals surface area (Å²) in [6.45, 7) is 4.58. The number of aryl methyl sites for hydroxylation is 1. The molecule has 0 fully saturated rings. The molecular formula is C13H18N4O. The summed E-state index contributed by atoms with van der Waals surface area (Å²) in [5.74, 6) is -0.0740. The van der Waals surface area contributed by atoms with Gasteiger partial charge in [0.15, 0.2) is 0 Å². The van der Waals surface area contributed by atoms with Crippen LogP contribution in [0.1, 0.15) is 22.8 Å². The Morgan fingerprint density at radius 1 is 1.50 bits per heavy atom. The third kappa shape index (κ3) is 2.51. The number of carbonyl (C=O) groups excluding carboxylic acids is 1. The van der Waals surface area contributed by atoms with Crippen LogP contribution in [-0.4, -0.2) is 35.7 Å². The van der Waals surface area contributed by atoms with Crippen molar-refractivity contribution < 1.29 is 4.79 Å². The third-order valence-corrected chi connectivity index (χ3v) is 3.00. The van der Waals surface area contributed by atoms with Gasteiger partial charge >= 0.3 is 0 Å². The molecular weight excluding hydrogens is 228 g/mol. The highest BCUT2D eigenvalue weighted by molar-refractivity contribution is 6.05. The molecule has 1 heterocycles. The average Bonchev–Trinajstić information content (AvgIpc) is 2.82. The molecule has 1 aromatic carbocycles. The van der Waals surface area contributed by atoms with E-state index < -0.39 is 0 Å². The molecule has 3 N–H and O–H groups in total. The van der Waals surface area contributed by atoms with Gasteiger partial charge in [0.2, 0.25) is 0 Å². The second-order valence-electron chi connectivity index (χ2n) is 4.55. The van der Waals surface area contributed by atoms with E-state index in [1.807, 2.05) is 33.0 Å². The van der Waals surface area contributed by atoms with Gasteiger partial charge in [0.25, 0.3) is 5.91 Å². The van der Waals surface area contributed by atoms with Gasteiger partial charge in [-0.05, 0) is 38.6 Å². The molecule has 0 saturated carbocycles. The zero-order valence-electron chi connectivity index (χ0n) is 10.9. The van der Waals surface area contributed by atoms with Gasteiger partial charge in [-0.3, -0.25) is 9.89 Å². The van der Waals surface area contributed by atoms with Crippen molar-refractivity contribution in [2.75, 3.05) is 13.6 Å². The topological polar surface area (TPSA) is 69.8 Å². The number of hydrogen-bond acceptors (Lipinski definition) is 3. The monoisotopic (exact) mass is 246 g/mol. The van der Waals surface area contributed by atoms with Crippen LogP contribution in [0, 0.1) is 6.92 Å². The molecule has 96 valence electrons. The van der Waals surface area contributed by atoms with Crippen molar-refractivity contribution in [1.82, 2.24) is 20.8 Å². The summed E-state index contributed by atoms with van der Waals surface area (Å²) in [6, 6.07) is 4.13. The molecule has 1 aromatic heterocycles. The van der Waals surface area contributed by atoms with Crippen molar-refractivity contribution in [3.05, 3.63) is 29.5 Å². The predicted octanol–water partition coefficient (Wildman–Crippen LogP) is 1.21. The highest BCUT2D eigenvalue weighted by Gasteiger charge is 2.12. The second-order valence-corrected chi connectivity index (χ2v) is 4.55. The molecule has 0 aliphatic rings. The zero-order valence-corrected chi connectivity index (χ0v) is 10.9. The molecule has 18 heavy (non-hydrogen) atoms. The molecule has 0 saturated heterocycles. The predicted molar refractivity (Wildman–Crippen MR) is 71.7 cm³/mol. The van der Waals surface area contributed by atoms with Gasteiger partial charge in [0.1, 0.15) is 0 Å². The van der Waals surface area contributed by atoms with Crippen LogP contribution in [0.15, 0.2) is 18.3 Å². The molecule has 2 rings (SSSR count). The number of benzene rings is 1. The maximum atomic E-state index is 12.1. The quantitative estimate of drug-likeness (QED) is 0.759. The number of hydrogen-bond donors (Lipinski definition) is 3. The average molecular weight is 246 g/mol. The highest BCUT2D eigenvalue weighted by Crippen LogP contribution is 2.18. The third-order valence-electron chi connectivity index (χ3n) is 3.00. The fourth-order valence-corrected chi connectivity index (χ4v) is 1.83. The minimum absolute atomic E-state index is 0.0740. The van der Waals surface area contributed by atoms with Gasteiger partial charge in [0.05, 0.1) is 17.3 Å². The van der Waals surface area contributed by atoms with Crippen LogP contribution < -0.4 is 10.6 Å². The molecule has 1 atom stereocenters. The Morgan fingerprint density at radius 3 is 3.00 bits per heavy atom. The van der Waals surface area contributed by atoms with Crippen LogP contribution in [0.4, 0.5) is 0 Å². The summed E-state index contributed by atoms with van der Waals surface area (Å²) in [6.07, 6.45) is 1.73. The number of rotatable bonds is 4. The Labute approximate surface area is 106 Å². The Bertz CT molecular complexity index is 561. The Kier molecular flexibility index (Phi) is 3.62. The largest absolute Gasteiger partial charge is 0.350 e. The van der Waals surface area contributed by atoms with Gasteiger partial charge in [-0.2, -0.15) is 5.10 Å². The number of H-pyrrole nitrogens is 1. The van der Waals surface area contributed by atoms with Crippen molar-refractivity contribution >= 4 is 16.8 Å². The first kappa shape index (κ1) is 12.6. The van der Waals surface area contributed by atoms with Crippen LogP contribution in [0.2, 0.25) is 0 Å². The van der Waals surface area contributed by atoms with E-state index in [9.17, 15) is 4.79 Å². The maximum Gasteiger partial charge on any atom is 0.253 e. The van der Waals surface area contributed by atoms with Gasteiger partial charge in [-0.1, -0.05) is 0 Å². The normalized spacial score (nSPS) is 12.6. The van der Waals surface area contributed by atoms with Crippen molar-refractivity contribution in [1.29, 1.82) is 0 Å². The van der Waals surface area contributed by atoms with Crippen LogP contribution in [0.3, 0.4) is 0 Å². The Balaban J connectivity index is 2.24. The molecule has 0 aliphatic heterocycles. The molecule has 5 nitrogen and oxygen atoms in total. The molecule has 2 aromatic rings. The van der Waals surface area contributed by atoms with Crippen molar-refractivity contribution in [3.8, 4) is 0 Å². The summed E-state index contributed by atoms with van der Waals surface area (Å²) in [7, 11) is 1.87. The Morgan fingerprint density at radius 2 is 2.28 bits per heavy atom. The second kappa shape index (κ2) is 5.18. The molecule has 1 amide bonds. The van der Waals surface area contributed by atoms with E-state index in [4.69, 9.17) is 0 Å². The lowest BCUT2D eigenvalue weighted by molar-refractivity contribution is 0.0952. The number of amides is 1. The molecule has 0 unspecified atom stereocenters. The summed E-state index contributed by atoms with van der Waals surface area (Å²) in [4.78, 5) is 12.1. The van der Waals surface area contributed by atoms with Crippen molar-refractivity contribution in [2.45, 2.75) is 19.9 Å². The SMILES string of the molecule is CN[C@H](C)CNC(=O)c1cc(C)cc2cn[nH]c12. The Hall–Kier alpha value is -1.88. The van der Waals surface area contributed by atoms with E-state index >= 15 is 0 Å². The highest BCUT2D eigenvalue weighted by atomic mass is 16.1. The van der Waals surface area contributed by atoms with E-state index in [1.165, 1.54) is 0 Å². The number of likely N-dealkylation sites (N-methyl/N-ethyl adjacent to an activating group) is 1. The van der Waals surface area contributed by atoms with Crippen LogP contribution in [0.5, 0.6) is 0 Å². The van der Waals surface area contributed by atoms with Crippen LogP contribution in [0.25, 0.3) is 10.9 Å². The summed E-state index contributed by atoms with van der Waals surface area (Å²) >= 11 is 0. The van der Waals surface area contributed by atoms with Gasteiger partial charge in [-0.25, -0.2) is 0 Å². The van der Waals surface area contributed by atoms with Crippen LogP contribution >= 0.6 is 0 Å². The van der Waals surface area contributed by atoms with E-state index in [2.05, 4.69) is 20.8 Å². The standard InChI is InChI=1S/C13H18N4O/c1-8-4-10-7-16-17-12(10)11(5-8)13(18)15-6-9(2)14-3/h4-5,7,9,14H,6H2,1-3H3,(H,15,18)(H,16,17)/t9-/m1/s1. The molecule has 0 bridgehead atoms. The first-order valence-electron chi connectivity index (χ1n) is 6.01. The van der Waals surface area contributed by atoms with E-state index in [1.54, 1.807) is 6.20 Å². The lowest BCUT2D eigenvalue weighted by atomic mass is 10.1. The lowest BCUT2D eigenvalue weighted by Gasteiger charge is -2.12. The molecule has 5 heteroatoms. The van der Waals surface area contributed by atoms with E-state index in [-0.39, 0.29) is 11.9 Å². The number of nitrogens with zero attached hydrogens (tertiary/aromatic N) is 1. The minimum atomic E-state index is -0.0740. The molecule has 0 aliphatic carbocycles. The minimum Gasteiger partial charge on any atom is -0.350 e. The number of nitrogens with one attached hydrogen (secondary N) is 3. The van der Waals surface area contributed by atoms with Crippen LogP contribution in [-0.2, 0) is 0 Å². The fraction of sp³-hybridized carbons (Fsp3) is 0.385. The number of fused-ring (bicyclic) bond motifs is 1. The maximum absolute atomic E-state index is 12.1. The van der Waals surface area contributed by atoms with E-state index in [0.29, 0.717) is 12.1 Å². The fourth-order valence-electron chi connectivity index (χ4n) is 1.83. The summed E-state index contributed by atoms with van der Waals surface area (Å²) in [5, 5.41) is 13.8. The number of aromatic amines is 1. The molecule has 0 spiro atoms. The van der Waals surface area contributed by atoms with Crippen molar-refractivity contribution in [3.63, 3.8) is 0 Å². The summed E-state index contributed by atoms with van der Waals surface area (Å²) < 4.78 is 0. The van der Waals surface area contributed by atoms with Gasteiger partial charge in [-0.15, -0.1) is 0 Å². The first-order chi connectivity index (χ1) is 8.61. The number of aromatic nitrogens is 2. The van der Waals surface area contributed by atoms with Gasteiger partial charge < -0.3 is 10.6 Å². The molecule has 0 radical (unpaired) electrons. The smallest absolute Gasteiger partial charge is 0.253 e. The first-order valence-corrected chi connectivity index (χ1v) is 6.01. The number of carbonyl (C=O) groups is 1. The zero-order chi connectivity index (χ0) is 13.1. The van der Waals surface area contributed by atoms with Crippen molar-refractivity contribution in [2.24, 2.45) is 0 Å². The summed E-state index contributed by atoms with van der Waals surface area (Å²) in [5.41, 5.74) is 2.48. The lowest BCUT2D eigenvalue weighted by Crippen LogP contribution is -2.37. The van der Waals surface area contributed by atoms with Gasteiger partial charge in [0, 0.05) is 18.0 Å². The van der Waals surface area contributed by atoms with E-state index in [0.717, 1.165) is 16.5 Å².